The molecular formula is C16H29N5. The Balaban J connectivity index is 2.05. The summed E-state index contributed by atoms with van der Waals surface area (Å²) in [6, 6.07) is 1.30. The van der Waals surface area contributed by atoms with Gasteiger partial charge in [-0.25, -0.2) is 9.97 Å². The van der Waals surface area contributed by atoms with Gasteiger partial charge in [0.2, 0.25) is 0 Å². The molecule has 0 saturated heterocycles. The van der Waals surface area contributed by atoms with Gasteiger partial charge in [0.05, 0.1) is 0 Å². The van der Waals surface area contributed by atoms with E-state index in [1.165, 1.54) is 12.8 Å². The van der Waals surface area contributed by atoms with E-state index in [0.717, 1.165) is 48.6 Å². The molecule has 1 aromatic heterocycles. The standard InChI is InChI=1S/C16H29N5/c1-6-14-19-15(17-7-2)12(4)16(20-14)18-10-11(3)21(5)13-8-9-13/h11,13H,6-10H2,1-5H3,(H2,17,18,19,20). The minimum atomic E-state index is 0.513. The van der Waals surface area contributed by atoms with Crippen molar-refractivity contribution in [3.63, 3.8) is 0 Å². The van der Waals surface area contributed by atoms with E-state index in [0.29, 0.717) is 6.04 Å². The predicted molar refractivity (Wildman–Crippen MR) is 89.0 cm³/mol. The lowest BCUT2D eigenvalue weighted by molar-refractivity contribution is 0.257. The quantitative estimate of drug-likeness (QED) is 0.771. The van der Waals surface area contributed by atoms with Crippen LogP contribution in [-0.2, 0) is 6.42 Å². The van der Waals surface area contributed by atoms with Crippen LogP contribution in [0.15, 0.2) is 0 Å². The SMILES string of the molecule is CCNc1nc(CC)nc(NCC(C)N(C)C2CC2)c1C. The second-order valence-electron chi connectivity index (χ2n) is 5.97. The fourth-order valence-electron chi connectivity index (χ4n) is 2.46. The van der Waals surface area contributed by atoms with Crippen molar-refractivity contribution in [2.24, 2.45) is 0 Å². The van der Waals surface area contributed by atoms with E-state index >= 15 is 0 Å². The average molecular weight is 291 g/mol. The van der Waals surface area contributed by atoms with Gasteiger partial charge in [0.15, 0.2) is 0 Å². The van der Waals surface area contributed by atoms with Crippen LogP contribution in [0, 0.1) is 6.92 Å². The van der Waals surface area contributed by atoms with E-state index in [9.17, 15) is 0 Å². The summed E-state index contributed by atoms with van der Waals surface area (Å²) in [6.07, 6.45) is 3.54. The summed E-state index contributed by atoms with van der Waals surface area (Å²) in [6.45, 7) is 10.3. The van der Waals surface area contributed by atoms with E-state index < -0.39 is 0 Å². The van der Waals surface area contributed by atoms with Gasteiger partial charge in [-0.3, -0.25) is 4.90 Å². The van der Waals surface area contributed by atoms with Crippen molar-refractivity contribution >= 4 is 11.6 Å². The van der Waals surface area contributed by atoms with Gasteiger partial charge in [0, 0.05) is 37.2 Å². The lowest BCUT2D eigenvalue weighted by atomic mass is 10.2. The van der Waals surface area contributed by atoms with Gasteiger partial charge >= 0.3 is 0 Å². The van der Waals surface area contributed by atoms with E-state index in [1.54, 1.807) is 0 Å². The van der Waals surface area contributed by atoms with Crippen molar-refractivity contribution in [3.8, 4) is 0 Å². The Bertz CT molecular complexity index is 470. The molecule has 1 heterocycles. The smallest absolute Gasteiger partial charge is 0.134 e. The summed E-state index contributed by atoms with van der Waals surface area (Å²) < 4.78 is 0. The predicted octanol–water partition coefficient (Wildman–Crippen LogP) is 2.67. The number of likely N-dealkylation sites (N-methyl/N-ethyl adjacent to an activating group) is 1. The van der Waals surface area contributed by atoms with E-state index in [4.69, 9.17) is 0 Å². The van der Waals surface area contributed by atoms with E-state index in [2.05, 4.69) is 60.2 Å². The zero-order valence-corrected chi connectivity index (χ0v) is 14.0. The van der Waals surface area contributed by atoms with Gasteiger partial charge in [-0.15, -0.1) is 0 Å². The van der Waals surface area contributed by atoms with Crippen molar-refractivity contribution in [1.29, 1.82) is 0 Å². The number of aromatic nitrogens is 2. The molecule has 0 amide bonds. The molecule has 118 valence electrons. The fourth-order valence-corrected chi connectivity index (χ4v) is 2.46. The first-order valence-electron chi connectivity index (χ1n) is 8.14. The first-order valence-corrected chi connectivity index (χ1v) is 8.14. The van der Waals surface area contributed by atoms with E-state index in [1.807, 2.05) is 0 Å². The number of nitrogens with zero attached hydrogens (tertiary/aromatic N) is 3. The van der Waals surface area contributed by atoms with Gasteiger partial charge in [0.1, 0.15) is 17.5 Å². The highest BCUT2D eigenvalue weighted by Crippen LogP contribution is 2.27. The van der Waals surface area contributed by atoms with Crippen LogP contribution in [0.3, 0.4) is 0 Å². The molecule has 1 aliphatic rings. The third-order valence-corrected chi connectivity index (χ3v) is 4.24. The Morgan fingerprint density at radius 2 is 1.81 bits per heavy atom. The molecule has 2 N–H and O–H groups in total. The molecular weight excluding hydrogens is 262 g/mol. The highest BCUT2D eigenvalue weighted by atomic mass is 15.2. The Morgan fingerprint density at radius 3 is 2.33 bits per heavy atom. The number of rotatable bonds is 8. The first-order chi connectivity index (χ1) is 10.1. The van der Waals surface area contributed by atoms with Crippen LogP contribution in [0.1, 0.15) is 45.0 Å². The Hall–Kier alpha value is -1.36. The van der Waals surface area contributed by atoms with Crippen molar-refractivity contribution in [3.05, 3.63) is 11.4 Å². The molecule has 1 saturated carbocycles. The summed E-state index contributed by atoms with van der Waals surface area (Å²) in [5.41, 5.74) is 1.11. The summed E-state index contributed by atoms with van der Waals surface area (Å²) in [5, 5.41) is 6.85. The molecule has 1 aromatic rings. The molecule has 1 unspecified atom stereocenters. The van der Waals surface area contributed by atoms with Crippen molar-refractivity contribution in [2.45, 2.75) is 59.0 Å². The normalized spacial score (nSPS) is 16.1. The van der Waals surface area contributed by atoms with Crippen molar-refractivity contribution in [1.82, 2.24) is 14.9 Å². The third kappa shape index (κ3) is 4.06. The second-order valence-corrected chi connectivity index (χ2v) is 5.97. The molecule has 0 bridgehead atoms. The average Bonchev–Trinajstić information content (AvgIpc) is 3.31. The lowest BCUT2D eigenvalue weighted by Gasteiger charge is -2.25. The minimum absolute atomic E-state index is 0.513. The highest BCUT2D eigenvalue weighted by Gasteiger charge is 2.29. The largest absolute Gasteiger partial charge is 0.370 e. The van der Waals surface area contributed by atoms with Crippen LogP contribution in [0.4, 0.5) is 11.6 Å². The number of nitrogens with one attached hydrogen (secondary N) is 2. The molecule has 5 nitrogen and oxygen atoms in total. The monoisotopic (exact) mass is 291 g/mol. The highest BCUT2D eigenvalue weighted by molar-refractivity contribution is 5.57. The van der Waals surface area contributed by atoms with Crippen LogP contribution in [0.2, 0.25) is 0 Å². The Labute approximate surface area is 128 Å². The van der Waals surface area contributed by atoms with Crippen LogP contribution in [0.25, 0.3) is 0 Å². The summed E-state index contributed by atoms with van der Waals surface area (Å²) in [7, 11) is 2.22. The molecule has 0 aromatic carbocycles. The van der Waals surface area contributed by atoms with Crippen molar-refractivity contribution in [2.75, 3.05) is 30.8 Å². The topological polar surface area (TPSA) is 53.1 Å². The molecule has 0 spiro atoms. The van der Waals surface area contributed by atoms with Crippen LogP contribution in [-0.4, -0.2) is 47.1 Å². The molecule has 21 heavy (non-hydrogen) atoms. The molecule has 0 aliphatic heterocycles. The lowest BCUT2D eigenvalue weighted by Crippen LogP contribution is -2.36. The van der Waals surface area contributed by atoms with Crippen LogP contribution in [0.5, 0.6) is 0 Å². The fraction of sp³-hybridized carbons (Fsp3) is 0.750. The van der Waals surface area contributed by atoms with Gasteiger partial charge in [-0.05, 0) is 40.7 Å². The maximum Gasteiger partial charge on any atom is 0.134 e. The zero-order valence-electron chi connectivity index (χ0n) is 14.0. The molecule has 5 heteroatoms. The summed E-state index contributed by atoms with van der Waals surface area (Å²) >= 11 is 0. The number of hydrogen-bond donors (Lipinski definition) is 2. The second kappa shape index (κ2) is 7.07. The molecule has 2 rings (SSSR count). The van der Waals surface area contributed by atoms with Crippen molar-refractivity contribution < 1.29 is 0 Å². The third-order valence-electron chi connectivity index (χ3n) is 4.24. The number of anilines is 2. The number of aryl methyl sites for hydroxylation is 1. The molecule has 1 fully saturated rings. The van der Waals surface area contributed by atoms with Gasteiger partial charge < -0.3 is 10.6 Å². The van der Waals surface area contributed by atoms with Crippen LogP contribution >= 0.6 is 0 Å². The summed E-state index contributed by atoms with van der Waals surface area (Å²) in [5.74, 6) is 2.81. The zero-order chi connectivity index (χ0) is 15.4. The summed E-state index contributed by atoms with van der Waals surface area (Å²) in [4.78, 5) is 11.7. The molecule has 1 aliphatic carbocycles. The van der Waals surface area contributed by atoms with Gasteiger partial charge in [-0.1, -0.05) is 6.92 Å². The maximum absolute atomic E-state index is 4.64. The Kier molecular flexibility index (Phi) is 5.39. The number of hydrogen-bond acceptors (Lipinski definition) is 5. The van der Waals surface area contributed by atoms with Gasteiger partial charge in [0.25, 0.3) is 0 Å². The van der Waals surface area contributed by atoms with Gasteiger partial charge in [-0.2, -0.15) is 0 Å². The molecule has 0 radical (unpaired) electrons. The minimum Gasteiger partial charge on any atom is -0.370 e. The van der Waals surface area contributed by atoms with Crippen LogP contribution < -0.4 is 10.6 Å². The van der Waals surface area contributed by atoms with E-state index in [-0.39, 0.29) is 0 Å². The molecule has 1 atom stereocenters. The first kappa shape index (κ1) is 16.0. The maximum atomic E-state index is 4.64. The Morgan fingerprint density at radius 1 is 1.19 bits per heavy atom.